The lowest BCUT2D eigenvalue weighted by atomic mass is 9.59. The second-order valence-electron chi connectivity index (χ2n) is 20.6. The average molecular weight is 871 g/mol. The molecule has 3 N–H and O–H groups in total. The molecule has 4 aromatic rings. The van der Waals surface area contributed by atoms with Gasteiger partial charge in [0.05, 0.1) is 18.6 Å². The van der Waals surface area contributed by atoms with Gasteiger partial charge < -0.3 is 24.8 Å². The van der Waals surface area contributed by atoms with E-state index in [0.717, 1.165) is 51.9 Å². The number of ketones is 1. The van der Waals surface area contributed by atoms with Crippen molar-refractivity contribution >= 4 is 50.0 Å². The maximum absolute atomic E-state index is 14.8. The number of rotatable bonds is 17. The van der Waals surface area contributed by atoms with Crippen LogP contribution in [0.15, 0.2) is 77.9 Å². The maximum atomic E-state index is 14.8. The first-order chi connectivity index (χ1) is 30.6. The van der Waals surface area contributed by atoms with E-state index in [1.807, 2.05) is 26.0 Å². The summed E-state index contributed by atoms with van der Waals surface area (Å²) in [6.45, 7) is 13.5. The smallest absolute Gasteiger partial charge is 0.310 e. The first kappa shape index (κ1) is 46.2. The van der Waals surface area contributed by atoms with Crippen LogP contribution in [0.25, 0.3) is 32.3 Å². The minimum absolute atomic E-state index is 0.0361. The van der Waals surface area contributed by atoms with Gasteiger partial charge in [-0.15, -0.1) is 0 Å². The van der Waals surface area contributed by atoms with E-state index in [2.05, 4.69) is 63.2 Å². The fraction of sp³-hybridized carbons (Fsp3) is 0.554. The molecule has 0 spiro atoms. The molecular weight excluding hydrogens is 801 g/mol. The molecule has 0 aliphatic heterocycles. The zero-order valence-corrected chi connectivity index (χ0v) is 39.2. The highest BCUT2D eigenvalue weighted by Crippen LogP contribution is 2.77. The molecule has 64 heavy (non-hydrogen) atoms. The molecule has 4 aromatic carbocycles. The third kappa shape index (κ3) is 7.44. The number of aryl methyl sites for hydroxylation is 2. The van der Waals surface area contributed by atoms with Gasteiger partial charge in [-0.05, 0) is 93.4 Å². The van der Waals surface area contributed by atoms with Crippen LogP contribution in [0, 0.1) is 42.9 Å². The van der Waals surface area contributed by atoms with E-state index in [0.29, 0.717) is 17.6 Å². The molecule has 4 aliphatic rings. The normalized spacial score (nSPS) is 29.2. The fourth-order valence-corrected chi connectivity index (χ4v) is 13.1. The molecule has 0 unspecified atom stereocenters. The number of ether oxygens (including phenoxy) is 2. The first-order valence-electron chi connectivity index (χ1n) is 24.3. The highest BCUT2D eigenvalue weighted by atomic mass is 16.6. The molecule has 8 heteroatoms. The van der Waals surface area contributed by atoms with Crippen molar-refractivity contribution < 1.29 is 39.2 Å². The predicted molar refractivity (Wildman–Crippen MR) is 254 cm³/mol. The van der Waals surface area contributed by atoms with Crippen LogP contribution in [0.5, 0.6) is 0 Å². The lowest BCUT2D eigenvalue weighted by molar-refractivity contribution is -0.229. The van der Waals surface area contributed by atoms with E-state index >= 15 is 0 Å². The molecule has 0 aromatic heterocycles. The van der Waals surface area contributed by atoms with Crippen molar-refractivity contribution in [1.29, 1.82) is 0 Å². The summed E-state index contributed by atoms with van der Waals surface area (Å²) < 4.78 is 13.4. The number of aliphatic hydroxyl groups is 3. The summed E-state index contributed by atoms with van der Waals surface area (Å²) in [7, 11) is 0. The number of aliphatic hydroxyl groups excluding tert-OH is 1. The Morgan fingerprint density at radius 3 is 1.95 bits per heavy atom. The third-order valence-corrected chi connectivity index (χ3v) is 16.5. The summed E-state index contributed by atoms with van der Waals surface area (Å²) in [5.41, 5.74) is -2.01. The Morgan fingerprint density at radius 2 is 1.33 bits per heavy atom. The summed E-state index contributed by atoms with van der Waals surface area (Å²) in [5, 5.41) is 42.8. The Labute approximate surface area is 379 Å². The zero-order valence-electron chi connectivity index (χ0n) is 39.2. The summed E-state index contributed by atoms with van der Waals surface area (Å²) in [4.78, 5) is 42.6. The van der Waals surface area contributed by atoms with Gasteiger partial charge in [0.25, 0.3) is 0 Å². The van der Waals surface area contributed by atoms with Gasteiger partial charge >= 0.3 is 11.9 Å². The lowest BCUT2D eigenvalue weighted by Crippen LogP contribution is -2.66. The highest BCUT2D eigenvalue weighted by Gasteiger charge is 2.88. The van der Waals surface area contributed by atoms with E-state index in [1.54, 1.807) is 26.0 Å². The molecule has 8 atom stereocenters. The van der Waals surface area contributed by atoms with E-state index in [-0.39, 0.29) is 19.3 Å². The van der Waals surface area contributed by atoms with E-state index in [4.69, 9.17) is 9.47 Å². The number of Topliss-reactive ketones (excluding diaryl/α,β-unsaturated/α-hetero) is 1. The molecule has 8 nitrogen and oxygen atoms in total. The number of unbranched alkanes of at least 4 members (excludes halogenated alkanes) is 10. The van der Waals surface area contributed by atoms with Crippen molar-refractivity contribution in [2.45, 2.75) is 161 Å². The molecule has 2 fully saturated rings. The van der Waals surface area contributed by atoms with Crippen LogP contribution in [-0.4, -0.2) is 62.6 Å². The maximum Gasteiger partial charge on any atom is 0.310 e. The SMILES string of the molecule is CCCCCCCCCCCCCC(=O)O[C@@H]1[C@@H](C)[C@@]2(O)[C@@H](C=C(CO)C[C@]3(O)C(=O)C(C)=C[C@@H]23)[C@H]2C(C)(C)[C@]12OC(=O)Cc1cc2c(C)c3ccccc3c(C)c2c2ccccc12. The van der Waals surface area contributed by atoms with Crippen LogP contribution in [0.2, 0.25) is 0 Å². The zero-order chi connectivity index (χ0) is 45.8. The summed E-state index contributed by atoms with van der Waals surface area (Å²) in [5.74, 6) is -4.62. The van der Waals surface area contributed by atoms with Gasteiger partial charge in [0.15, 0.2) is 11.4 Å². The second-order valence-corrected chi connectivity index (χ2v) is 20.6. The minimum Gasteiger partial charge on any atom is -0.458 e. The Balaban J connectivity index is 1.11. The van der Waals surface area contributed by atoms with Crippen molar-refractivity contribution in [3.8, 4) is 0 Å². The van der Waals surface area contributed by atoms with Gasteiger partial charge in [-0.1, -0.05) is 153 Å². The van der Waals surface area contributed by atoms with E-state index in [1.165, 1.54) is 61.3 Å². The quantitative estimate of drug-likeness (QED) is 0.0314. The summed E-state index contributed by atoms with van der Waals surface area (Å²) in [6, 6.07) is 18.7. The number of fused-ring (bicyclic) bond motifs is 9. The van der Waals surface area contributed by atoms with E-state index < -0.39 is 76.3 Å². The monoisotopic (exact) mass is 871 g/mol. The summed E-state index contributed by atoms with van der Waals surface area (Å²) in [6.07, 6.45) is 15.0. The lowest BCUT2D eigenvalue weighted by Gasteiger charge is -2.53. The van der Waals surface area contributed by atoms with Gasteiger partial charge in [0.1, 0.15) is 11.7 Å². The van der Waals surface area contributed by atoms with Crippen molar-refractivity contribution in [2.75, 3.05) is 6.61 Å². The Morgan fingerprint density at radius 1 is 0.750 bits per heavy atom. The summed E-state index contributed by atoms with van der Waals surface area (Å²) >= 11 is 0. The van der Waals surface area contributed by atoms with Gasteiger partial charge in [0, 0.05) is 41.9 Å². The molecule has 4 aliphatic carbocycles. The molecule has 0 amide bonds. The molecule has 342 valence electrons. The Bertz CT molecular complexity index is 2530. The third-order valence-electron chi connectivity index (χ3n) is 16.5. The molecule has 0 radical (unpaired) electrons. The second kappa shape index (κ2) is 17.8. The number of hydrogen-bond donors (Lipinski definition) is 3. The van der Waals surface area contributed by atoms with Crippen molar-refractivity contribution in [2.24, 2.45) is 29.1 Å². The Hall–Kier alpha value is -4.37. The van der Waals surface area contributed by atoms with Gasteiger partial charge in [-0.25, -0.2) is 0 Å². The molecule has 0 heterocycles. The largest absolute Gasteiger partial charge is 0.458 e. The molecule has 0 bridgehead atoms. The topological polar surface area (TPSA) is 130 Å². The van der Waals surface area contributed by atoms with Gasteiger partial charge in [0.2, 0.25) is 0 Å². The average Bonchev–Trinajstić information content (AvgIpc) is 3.70. The number of esters is 2. The molecular formula is C56H70O8. The first-order valence-corrected chi connectivity index (χ1v) is 24.3. The van der Waals surface area contributed by atoms with Gasteiger partial charge in [-0.2, -0.15) is 0 Å². The number of hydrogen-bond acceptors (Lipinski definition) is 8. The van der Waals surface area contributed by atoms with Crippen LogP contribution in [-0.2, 0) is 30.3 Å². The number of carbonyl (C=O) groups is 3. The van der Waals surface area contributed by atoms with Crippen molar-refractivity contribution in [3.63, 3.8) is 0 Å². The predicted octanol–water partition coefficient (Wildman–Crippen LogP) is 11.1. The van der Waals surface area contributed by atoms with Gasteiger partial charge in [-0.3, -0.25) is 14.4 Å². The number of carbonyl (C=O) groups excluding carboxylic acids is 3. The highest BCUT2D eigenvalue weighted by molar-refractivity contribution is 6.17. The standard InChI is InChI=1S/C56H70O8/c1-8-9-10-11-12-13-14-15-16-17-18-27-47(58)63-52-37(5)55(62)45(29-38(33-57)32-54(61)46(55)28-34(2)51(54)60)50-53(6,7)56(50,52)64-48(59)31-39-30-44-35(3)40-23-19-20-24-41(40)36(4)49(44)43-26-22-21-25-42(39)43/h19-26,28-30,37,45-46,50,52,57,61-62H,8-18,27,31-33H2,1-7H3/t37-,45+,46-,50+,52-,54-,55-,56-/m1/s1. The molecule has 8 rings (SSSR count). The van der Waals surface area contributed by atoms with Crippen LogP contribution in [0.3, 0.4) is 0 Å². The van der Waals surface area contributed by atoms with Crippen LogP contribution in [0.4, 0.5) is 0 Å². The van der Waals surface area contributed by atoms with Crippen LogP contribution < -0.4 is 0 Å². The minimum atomic E-state index is -1.99. The Kier molecular flexibility index (Phi) is 12.8. The molecule has 2 saturated carbocycles. The van der Waals surface area contributed by atoms with Crippen LogP contribution >= 0.6 is 0 Å². The van der Waals surface area contributed by atoms with Crippen molar-refractivity contribution in [1.82, 2.24) is 0 Å². The van der Waals surface area contributed by atoms with E-state index in [9.17, 15) is 29.7 Å². The fourth-order valence-electron chi connectivity index (χ4n) is 13.1. The van der Waals surface area contributed by atoms with Crippen LogP contribution in [0.1, 0.15) is 135 Å². The van der Waals surface area contributed by atoms with Crippen molar-refractivity contribution in [3.05, 3.63) is 94.6 Å². The molecule has 0 saturated heterocycles. The number of benzene rings is 4.